The van der Waals surface area contributed by atoms with Crippen LogP contribution in [0.2, 0.25) is 0 Å². The highest BCUT2D eigenvalue weighted by atomic mass is 16.5. The Balaban J connectivity index is 1.33. The van der Waals surface area contributed by atoms with E-state index in [4.69, 9.17) is 9.47 Å². The zero-order valence-electron chi connectivity index (χ0n) is 18.2. The van der Waals surface area contributed by atoms with Crippen molar-refractivity contribution < 1.29 is 14.3 Å². The minimum absolute atomic E-state index is 0.140. The largest absolute Gasteiger partial charge is 0.493 e. The lowest BCUT2D eigenvalue weighted by Gasteiger charge is -2.31. The van der Waals surface area contributed by atoms with Crippen LogP contribution in [0.1, 0.15) is 30.4 Å². The molecule has 30 heavy (non-hydrogen) atoms. The van der Waals surface area contributed by atoms with Gasteiger partial charge in [0, 0.05) is 12.5 Å². The first kappa shape index (κ1) is 22.2. The van der Waals surface area contributed by atoms with Gasteiger partial charge in [-0.1, -0.05) is 36.4 Å². The fourth-order valence-electron chi connectivity index (χ4n) is 4.08. The van der Waals surface area contributed by atoms with Crippen LogP contribution in [0.3, 0.4) is 0 Å². The topological polar surface area (TPSA) is 50.8 Å². The Kier molecular flexibility index (Phi) is 8.57. The first-order valence-corrected chi connectivity index (χ1v) is 10.9. The second-order valence-corrected chi connectivity index (χ2v) is 7.94. The first-order valence-electron chi connectivity index (χ1n) is 10.9. The summed E-state index contributed by atoms with van der Waals surface area (Å²) in [6.45, 7) is 3.79. The smallest absolute Gasteiger partial charge is 0.223 e. The van der Waals surface area contributed by atoms with Crippen molar-refractivity contribution in [3.63, 3.8) is 0 Å². The zero-order chi connectivity index (χ0) is 21.2. The monoisotopic (exact) mass is 410 g/mol. The maximum Gasteiger partial charge on any atom is 0.223 e. The second kappa shape index (κ2) is 11.6. The van der Waals surface area contributed by atoms with Crippen LogP contribution in [0.4, 0.5) is 0 Å². The van der Waals surface area contributed by atoms with Crippen molar-refractivity contribution in [3.05, 3.63) is 59.7 Å². The number of carbonyl (C=O) groups is 1. The van der Waals surface area contributed by atoms with Gasteiger partial charge in [0.15, 0.2) is 11.5 Å². The number of hydrogen-bond donors (Lipinski definition) is 1. The molecule has 5 nitrogen and oxygen atoms in total. The molecule has 1 heterocycles. The van der Waals surface area contributed by atoms with Crippen LogP contribution >= 0.6 is 0 Å². The lowest BCUT2D eigenvalue weighted by Crippen LogP contribution is -2.41. The van der Waals surface area contributed by atoms with E-state index in [1.165, 1.54) is 12.0 Å². The maximum absolute atomic E-state index is 12.5. The van der Waals surface area contributed by atoms with Gasteiger partial charge in [-0.15, -0.1) is 0 Å². The molecule has 0 radical (unpaired) electrons. The summed E-state index contributed by atoms with van der Waals surface area (Å²) in [7, 11) is 3.27. The molecule has 0 aliphatic carbocycles. The Bertz CT molecular complexity index is 786. The van der Waals surface area contributed by atoms with Gasteiger partial charge in [0.1, 0.15) is 0 Å². The highest BCUT2D eigenvalue weighted by Gasteiger charge is 2.24. The van der Waals surface area contributed by atoms with Gasteiger partial charge >= 0.3 is 0 Å². The molecule has 1 aliphatic rings. The van der Waals surface area contributed by atoms with Crippen LogP contribution in [0.5, 0.6) is 11.5 Å². The summed E-state index contributed by atoms with van der Waals surface area (Å²) >= 11 is 0. The lowest BCUT2D eigenvalue weighted by atomic mass is 9.95. The number of piperidine rings is 1. The van der Waals surface area contributed by atoms with Gasteiger partial charge in [0.2, 0.25) is 5.91 Å². The van der Waals surface area contributed by atoms with Crippen molar-refractivity contribution in [2.24, 2.45) is 5.92 Å². The Labute approximate surface area is 180 Å². The first-order chi connectivity index (χ1) is 14.7. The molecule has 0 spiro atoms. The van der Waals surface area contributed by atoms with Crippen molar-refractivity contribution >= 4 is 5.91 Å². The van der Waals surface area contributed by atoms with Crippen molar-refractivity contribution in [2.45, 2.75) is 32.1 Å². The molecule has 0 bridgehead atoms. The molecule has 0 saturated carbocycles. The minimum Gasteiger partial charge on any atom is -0.493 e. The molecular weight excluding hydrogens is 376 g/mol. The number of methoxy groups -OCH3 is 2. The SMILES string of the molecule is COc1ccc(CCNC(=O)C2CCN(CCCc3ccccc3)CC2)cc1OC. The zero-order valence-corrected chi connectivity index (χ0v) is 18.2. The van der Waals surface area contributed by atoms with Crippen LogP contribution in [0.25, 0.3) is 0 Å². The summed E-state index contributed by atoms with van der Waals surface area (Å²) in [6.07, 6.45) is 4.98. The third kappa shape index (κ3) is 6.49. The third-order valence-corrected chi connectivity index (χ3v) is 5.90. The number of benzene rings is 2. The molecule has 1 aliphatic heterocycles. The molecule has 162 valence electrons. The Morgan fingerprint density at radius 1 is 0.967 bits per heavy atom. The summed E-state index contributed by atoms with van der Waals surface area (Å²) < 4.78 is 10.6. The Morgan fingerprint density at radius 2 is 1.70 bits per heavy atom. The minimum atomic E-state index is 0.140. The van der Waals surface area contributed by atoms with Gasteiger partial charge < -0.3 is 19.7 Å². The number of nitrogens with zero attached hydrogens (tertiary/aromatic N) is 1. The second-order valence-electron chi connectivity index (χ2n) is 7.94. The molecule has 0 unspecified atom stereocenters. The molecule has 1 N–H and O–H groups in total. The molecule has 1 amide bonds. The Hall–Kier alpha value is -2.53. The number of aryl methyl sites for hydroxylation is 1. The molecule has 2 aromatic carbocycles. The van der Waals surface area contributed by atoms with Crippen LogP contribution in [-0.4, -0.2) is 51.2 Å². The molecule has 2 aromatic rings. The van der Waals surface area contributed by atoms with Gasteiger partial charge in [0.25, 0.3) is 0 Å². The van der Waals surface area contributed by atoms with E-state index in [0.717, 1.165) is 62.4 Å². The number of rotatable bonds is 10. The molecule has 1 saturated heterocycles. The fraction of sp³-hybridized carbons (Fsp3) is 0.480. The van der Waals surface area contributed by atoms with Crippen LogP contribution in [0.15, 0.2) is 48.5 Å². The molecular formula is C25H34N2O3. The average Bonchev–Trinajstić information content (AvgIpc) is 2.80. The number of ether oxygens (including phenoxy) is 2. The average molecular weight is 411 g/mol. The summed E-state index contributed by atoms with van der Waals surface area (Å²) in [5.41, 5.74) is 2.53. The van der Waals surface area contributed by atoms with E-state index in [-0.39, 0.29) is 11.8 Å². The number of likely N-dealkylation sites (tertiary alicyclic amines) is 1. The van der Waals surface area contributed by atoms with E-state index in [0.29, 0.717) is 6.54 Å². The summed E-state index contributed by atoms with van der Waals surface area (Å²) in [6, 6.07) is 16.5. The van der Waals surface area contributed by atoms with Crippen molar-refractivity contribution in [1.82, 2.24) is 10.2 Å². The predicted octanol–water partition coefficient (Wildman–Crippen LogP) is 3.71. The normalized spacial score (nSPS) is 15.0. The highest BCUT2D eigenvalue weighted by molar-refractivity contribution is 5.78. The molecule has 0 aromatic heterocycles. The molecule has 0 atom stereocenters. The van der Waals surface area contributed by atoms with Gasteiger partial charge in [-0.25, -0.2) is 0 Å². The maximum atomic E-state index is 12.5. The Morgan fingerprint density at radius 3 is 2.40 bits per heavy atom. The summed E-state index contributed by atoms with van der Waals surface area (Å²) in [4.78, 5) is 15.0. The van der Waals surface area contributed by atoms with E-state index < -0.39 is 0 Å². The van der Waals surface area contributed by atoms with Gasteiger partial charge in [-0.05, 0) is 75.0 Å². The van der Waals surface area contributed by atoms with Gasteiger partial charge in [-0.3, -0.25) is 4.79 Å². The van der Waals surface area contributed by atoms with E-state index in [1.54, 1.807) is 14.2 Å². The van der Waals surface area contributed by atoms with Crippen molar-refractivity contribution in [2.75, 3.05) is 40.4 Å². The number of hydrogen-bond acceptors (Lipinski definition) is 4. The quantitative estimate of drug-likeness (QED) is 0.649. The summed E-state index contributed by atoms with van der Waals surface area (Å²) in [5.74, 6) is 1.78. The lowest BCUT2D eigenvalue weighted by molar-refractivity contribution is -0.126. The van der Waals surface area contributed by atoms with E-state index >= 15 is 0 Å². The standard InChI is InChI=1S/C25H34N2O3/c1-29-23-11-10-21(19-24(23)30-2)12-15-26-25(28)22-13-17-27(18-14-22)16-6-9-20-7-4-3-5-8-20/h3-5,7-8,10-11,19,22H,6,9,12-18H2,1-2H3,(H,26,28). The molecule has 5 heteroatoms. The van der Waals surface area contributed by atoms with Crippen molar-refractivity contribution in [1.29, 1.82) is 0 Å². The number of carbonyl (C=O) groups excluding carboxylic acids is 1. The van der Waals surface area contributed by atoms with Crippen LogP contribution in [0, 0.1) is 5.92 Å². The fourth-order valence-corrected chi connectivity index (χ4v) is 4.08. The van der Waals surface area contributed by atoms with Crippen molar-refractivity contribution in [3.8, 4) is 11.5 Å². The molecule has 3 rings (SSSR count). The van der Waals surface area contributed by atoms with Gasteiger partial charge in [-0.2, -0.15) is 0 Å². The van der Waals surface area contributed by atoms with Crippen LogP contribution < -0.4 is 14.8 Å². The van der Waals surface area contributed by atoms with Crippen LogP contribution in [-0.2, 0) is 17.6 Å². The van der Waals surface area contributed by atoms with E-state index in [2.05, 4.69) is 40.5 Å². The third-order valence-electron chi connectivity index (χ3n) is 5.90. The molecule has 1 fully saturated rings. The van der Waals surface area contributed by atoms with E-state index in [1.807, 2.05) is 18.2 Å². The highest BCUT2D eigenvalue weighted by Crippen LogP contribution is 2.27. The van der Waals surface area contributed by atoms with Gasteiger partial charge in [0.05, 0.1) is 14.2 Å². The number of amides is 1. The predicted molar refractivity (Wildman–Crippen MR) is 120 cm³/mol. The van der Waals surface area contributed by atoms with E-state index in [9.17, 15) is 4.79 Å². The summed E-state index contributed by atoms with van der Waals surface area (Å²) in [5, 5.41) is 3.12. The number of nitrogens with one attached hydrogen (secondary N) is 1.